The van der Waals surface area contributed by atoms with Gasteiger partial charge in [-0.05, 0) is 32.0 Å². The molecule has 6 heteroatoms. The minimum Gasteiger partial charge on any atom is -0.381 e. The number of nitrogens with one attached hydrogen (secondary N) is 1. The zero-order valence-electron chi connectivity index (χ0n) is 12.8. The average molecular weight is 322 g/mol. The summed E-state index contributed by atoms with van der Waals surface area (Å²) in [4.78, 5) is 19.2. The Balaban J connectivity index is 1.79. The molecule has 0 saturated carbocycles. The number of H-pyrrole nitrogens is 1. The molecule has 0 unspecified atom stereocenters. The van der Waals surface area contributed by atoms with E-state index in [2.05, 4.69) is 9.88 Å². The minimum atomic E-state index is -1.31. The first-order valence-electron chi connectivity index (χ1n) is 7.39. The standard InChI is InChI=1S/C16H20ClN3O2/c1-16(2,22)15(21)20-7-5-19(6-8-20)14-10-11(17)9-13-12(14)3-4-18-13/h3-4,9-10,18,22H,5-8H2,1-2H3. The van der Waals surface area contributed by atoms with Gasteiger partial charge in [0.15, 0.2) is 0 Å². The summed E-state index contributed by atoms with van der Waals surface area (Å²) in [5, 5.41) is 11.7. The largest absolute Gasteiger partial charge is 0.381 e. The fraction of sp³-hybridized carbons (Fsp3) is 0.438. The fourth-order valence-electron chi connectivity index (χ4n) is 2.91. The maximum atomic E-state index is 12.1. The molecular weight excluding hydrogens is 302 g/mol. The Hall–Kier alpha value is -1.72. The SMILES string of the molecule is CC(C)(O)C(=O)N1CCN(c2cc(Cl)cc3[nH]ccc23)CC1. The van der Waals surface area contributed by atoms with Crippen molar-refractivity contribution in [1.82, 2.24) is 9.88 Å². The molecule has 2 heterocycles. The molecule has 5 nitrogen and oxygen atoms in total. The van der Waals surface area contributed by atoms with E-state index in [4.69, 9.17) is 11.6 Å². The molecule has 1 saturated heterocycles. The smallest absolute Gasteiger partial charge is 0.254 e. The monoisotopic (exact) mass is 321 g/mol. The van der Waals surface area contributed by atoms with Crippen LogP contribution < -0.4 is 4.90 Å². The van der Waals surface area contributed by atoms with Crippen molar-refractivity contribution < 1.29 is 9.90 Å². The number of rotatable bonds is 2. The van der Waals surface area contributed by atoms with E-state index in [0.717, 1.165) is 29.7 Å². The van der Waals surface area contributed by atoms with Gasteiger partial charge in [-0.25, -0.2) is 0 Å². The second-order valence-electron chi connectivity index (χ2n) is 6.20. The van der Waals surface area contributed by atoms with Crippen LogP contribution >= 0.6 is 11.6 Å². The number of benzene rings is 1. The normalized spacial score (nSPS) is 16.4. The Morgan fingerprint density at radius 3 is 2.59 bits per heavy atom. The van der Waals surface area contributed by atoms with E-state index in [0.29, 0.717) is 18.1 Å². The molecule has 0 atom stereocenters. The number of anilines is 1. The van der Waals surface area contributed by atoms with E-state index in [1.165, 1.54) is 13.8 Å². The highest BCUT2D eigenvalue weighted by Gasteiger charge is 2.31. The number of hydrogen-bond acceptors (Lipinski definition) is 3. The van der Waals surface area contributed by atoms with Gasteiger partial charge < -0.3 is 19.9 Å². The second-order valence-corrected chi connectivity index (χ2v) is 6.64. The number of hydrogen-bond donors (Lipinski definition) is 2. The lowest BCUT2D eigenvalue weighted by atomic mass is 10.1. The van der Waals surface area contributed by atoms with Crippen LogP contribution in [-0.2, 0) is 4.79 Å². The Bertz CT molecular complexity index is 697. The molecule has 0 spiro atoms. The molecule has 118 valence electrons. The molecule has 0 bridgehead atoms. The van der Waals surface area contributed by atoms with Crippen LogP contribution in [0.1, 0.15) is 13.8 Å². The molecule has 1 amide bonds. The van der Waals surface area contributed by atoms with Crippen molar-refractivity contribution in [1.29, 1.82) is 0 Å². The average Bonchev–Trinajstić information content (AvgIpc) is 2.93. The molecular formula is C16H20ClN3O2. The van der Waals surface area contributed by atoms with Gasteiger partial charge in [-0.1, -0.05) is 11.6 Å². The highest BCUT2D eigenvalue weighted by atomic mass is 35.5. The molecule has 3 rings (SSSR count). The molecule has 22 heavy (non-hydrogen) atoms. The quantitative estimate of drug-likeness (QED) is 0.892. The van der Waals surface area contributed by atoms with Gasteiger partial charge in [0, 0.05) is 54.0 Å². The molecule has 2 aromatic rings. The van der Waals surface area contributed by atoms with Crippen molar-refractivity contribution in [2.75, 3.05) is 31.1 Å². The molecule has 1 aromatic heterocycles. The molecule has 1 aromatic carbocycles. The van der Waals surface area contributed by atoms with Gasteiger partial charge in [0.05, 0.1) is 0 Å². The molecule has 1 aliphatic heterocycles. The summed E-state index contributed by atoms with van der Waals surface area (Å²) in [6, 6.07) is 5.91. The summed E-state index contributed by atoms with van der Waals surface area (Å²) in [7, 11) is 0. The van der Waals surface area contributed by atoms with E-state index in [-0.39, 0.29) is 5.91 Å². The first-order valence-corrected chi connectivity index (χ1v) is 7.77. The number of halogens is 1. The zero-order valence-corrected chi connectivity index (χ0v) is 13.5. The zero-order chi connectivity index (χ0) is 15.9. The van der Waals surface area contributed by atoms with Crippen LogP contribution in [-0.4, -0.2) is 52.7 Å². The van der Waals surface area contributed by atoms with E-state index in [9.17, 15) is 9.90 Å². The van der Waals surface area contributed by atoms with Crippen LogP contribution in [0.15, 0.2) is 24.4 Å². The summed E-state index contributed by atoms with van der Waals surface area (Å²) in [6.07, 6.45) is 1.90. The third-order valence-electron chi connectivity index (χ3n) is 4.04. The maximum absolute atomic E-state index is 12.1. The van der Waals surface area contributed by atoms with Gasteiger partial charge in [-0.3, -0.25) is 4.79 Å². The molecule has 1 aliphatic rings. The summed E-state index contributed by atoms with van der Waals surface area (Å²) >= 11 is 6.19. The van der Waals surface area contributed by atoms with Crippen molar-refractivity contribution in [3.05, 3.63) is 29.4 Å². The van der Waals surface area contributed by atoms with Crippen molar-refractivity contribution in [2.45, 2.75) is 19.4 Å². The lowest BCUT2D eigenvalue weighted by Gasteiger charge is -2.38. The van der Waals surface area contributed by atoms with E-state index < -0.39 is 5.60 Å². The summed E-state index contributed by atoms with van der Waals surface area (Å²) < 4.78 is 0. The predicted octanol–water partition coefficient (Wildman–Crippen LogP) is 2.24. The van der Waals surface area contributed by atoms with Crippen LogP contribution in [0.3, 0.4) is 0 Å². The van der Waals surface area contributed by atoms with E-state index >= 15 is 0 Å². The first kappa shape index (κ1) is 15.2. The Kier molecular flexibility index (Phi) is 3.78. The molecule has 2 N–H and O–H groups in total. The van der Waals surface area contributed by atoms with Crippen molar-refractivity contribution in [2.24, 2.45) is 0 Å². The third kappa shape index (κ3) is 2.78. The third-order valence-corrected chi connectivity index (χ3v) is 4.26. The maximum Gasteiger partial charge on any atom is 0.254 e. The van der Waals surface area contributed by atoms with Crippen LogP contribution in [0.2, 0.25) is 5.02 Å². The lowest BCUT2D eigenvalue weighted by molar-refractivity contribution is -0.148. The molecule has 0 radical (unpaired) electrons. The van der Waals surface area contributed by atoms with Crippen LogP contribution in [0.4, 0.5) is 5.69 Å². The van der Waals surface area contributed by atoms with Gasteiger partial charge >= 0.3 is 0 Å². The van der Waals surface area contributed by atoms with Gasteiger partial charge in [0.1, 0.15) is 5.60 Å². The molecule has 1 fully saturated rings. The van der Waals surface area contributed by atoms with E-state index in [1.807, 2.05) is 24.4 Å². The van der Waals surface area contributed by atoms with Crippen molar-refractivity contribution in [3.63, 3.8) is 0 Å². The number of carbonyl (C=O) groups is 1. The van der Waals surface area contributed by atoms with Crippen LogP contribution in [0, 0.1) is 0 Å². The molecule has 0 aliphatic carbocycles. The van der Waals surface area contributed by atoms with Gasteiger partial charge in [-0.2, -0.15) is 0 Å². The van der Waals surface area contributed by atoms with E-state index in [1.54, 1.807) is 4.90 Å². The van der Waals surface area contributed by atoms with Gasteiger partial charge in [-0.15, -0.1) is 0 Å². The van der Waals surface area contributed by atoms with Crippen molar-refractivity contribution in [3.8, 4) is 0 Å². The Labute approximate surface area is 134 Å². The van der Waals surface area contributed by atoms with Gasteiger partial charge in [0.25, 0.3) is 5.91 Å². The number of fused-ring (bicyclic) bond motifs is 1. The number of amides is 1. The first-order chi connectivity index (χ1) is 10.4. The number of aromatic nitrogens is 1. The second kappa shape index (κ2) is 5.48. The Morgan fingerprint density at radius 2 is 1.95 bits per heavy atom. The number of piperazine rings is 1. The minimum absolute atomic E-state index is 0.218. The Morgan fingerprint density at radius 1 is 1.27 bits per heavy atom. The highest BCUT2D eigenvalue weighted by Crippen LogP contribution is 2.31. The topological polar surface area (TPSA) is 59.6 Å². The number of aromatic amines is 1. The highest BCUT2D eigenvalue weighted by molar-refractivity contribution is 6.31. The summed E-state index contributed by atoms with van der Waals surface area (Å²) in [5.74, 6) is -0.218. The fourth-order valence-corrected chi connectivity index (χ4v) is 3.12. The lowest BCUT2D eigenvalue weighted by Crippen LogP contribution is -2.54. The van der Waals surface area contributed by atoms with Crippen molar-refractivity contribution >= 4 is 34.1 Å². The van der Waals surface area contributed by atoms with Gasteiger partial charge in [0.2, 0.25) is 0 Å². The van der Waals surface area contributed by atoms with Crippen LogP contribution in [0.5, 0.6) is 0 Å². The summed E-state index contributed by atoms with van der Waals surface area (Å²) in [5.41, 5.74) is 0.781. The number of aliphatic hydroxyl groups is 1. The number of nitrogens with zero attached hydrogens (tertiary/aromatic N) is 2. The van der Waals surface area contributed by atoms with Crippen LogP contribution in [0.25, 0.3) is 10.9 Å². The number of carbonyl (C=O) groups excluding carboxylic acids is 1. The summed E-state index contributed by atoms with van der Waals surface area (Å²) in [6.45, 7) is 5.71. The predicted molar refractivity (Wildman–Crippen MR) is 88.4 cm³/mol.